The number of ether oxygens (including phenoxy) is 4. The highest BCUT2D eigenvalue weighted by Crippen LogP contribution is 2.34. The average molecular weight is 443 g/mol. The van der Waals surface area contributed by atoms with E-state index in [0.29, 0.717) is 41.4 Å². The molecule has 0 aromatic heterocycles. The van der Waals surface area contributed by atoms with Gasteiger partial charge in [-0.15, -0.1) is 0 Å². The van der Waals surface area contributed by atoms with E-state index in [4.69, 9.17) is 18.9 Å². The maximum absolute atomic E-state index is 11.8. The van der Waals surface area contributed by atoms with Gasteiger partial charge in [-0.1, -0.05) is 25.1 Å². The van der Waals surface area contributed by atoms with Gasteiger partial charge in [0.25, 0.3) is 0 Å². The van der Waals surface area contributed by atoms with Crippen LogP contribution >= 0.6 is 0 Å². The third-order valence-corrected chi connectivity index (χ3v) is 5.65. The summed E-state index contributed by atoms with van der Waals surface area (Å²) in [6.07, 6.45) is 5.42. The summed E-state index contributed by atoms with van der Waals surface area (Å²) in [5, 5.41) is 9.69. The standard InChI is InChI=1S/C26H34O6/c1-6-19(21-13-15-23(30-3)25(17-21)32-5)11-12-20(26(27)28)9-7-8-18-10-14-22(29-2)24(16-18)31-4/h10,12-17,19H,6-9,11H2,1-5H3,(H,27,28). The van der Waals surface area contributed by atoms with Crippen molar-refractivity contribution in [1.82, 2.24) is 0 Å². The molecular formula is C26H34O6. The van der Waals surface area contributed by atoms with Gasteiger partial charge in [0.1, 0.15) is 0 Å². The molecule has 6 heteroatoms. The van der Waals surface area contributed by atoms with Crippen molar-refractivity contribution in [3.05, 3.63) is 59.2 Å². The Hall–Kier alpha value is -3.15. The first kappa shape index (κ1) is 25.1. The van der Waals surface area contributed by atoms with Gasteiger partial charge in [-0.25, -0.2) is 4.79 Å². The highest BCUT2D eigenvalue weighted by molar-refractivity contribution is 5.86. The highest BCUT2D eigenvalue weighted by atomic mass is 16.5. The lowest BCUT2D eigenvalue weighted by molar-refractivity contribution is -0.132. The van der Waals surface area contributed by atoms with Crippen LogP contribution in [0.3, 0.4) is 0 Å². The molecule has 0 heterocycles. The predicted molar refractivity (Wildman–Crippen MR) is 125 cm³/mol. The van der Waals surface area contributed by atoms with Crippen molar-refractivity contribution in [3.63, 3.8) is 0 Å². The molecule has 0 fully saturated rings. The van der Waals surface area contributed by atoms with Crippen molar-refractivity contribution >= 4 is 5.97 Å². The van der Waals surface area contributed by atoms with E-state index >= 15 is 0 Å². The van der Waals surface area contributed by atoms with E-state index in [1.54, 1.807) is 28.4 Å². The zero-order valence-corrected chi connectivity index (χ0v) is 19.6. The largest absolute Gasteiger partial charge is 0.493 e. The van der Waals surface area contributed by atoms with Crippen molar-refractivity contribution in [2.24, 2.45) is 0 Å². The maximum atomic E-state index is 11.8. The second kappa shape index (κ2) is 12.6. The van der Waals surface area contributed by atoms with E-state index in [1.165, 1.54) is 0 Å². The zero-order valence-electron chi connectivity index (χ0n) is 19.6. The highest BCUT2D eigenvalue weighted by Gasteiger charge is 2.14. The SMILES string of the molecule is CCC(CC=C(CCCc1ccc(OC)c(OC)c1)C(=O)O)c1ccc(OC)c(OC)c1. The number of methoxy groups -OCH3 is 4. The van der Waals surface area contributed by atoms with Gasteiger partial charge in [-0.3, -0.25) is 0 Å². The Morgan fingerprint density at radius 1 is 0.906 bits per heavy atom. The first-order chi connectivity index (χ1) is 15.5. The van der Waals surface area contributed by atoms with Crippen molar-refractivity contribution in [1.29, 1.82) is 0 Å². The van der Waals surface area contributed by atoms with Crippen LogP contribution in [0.4, 0.5) is 0 Å². The molecule has 2 aromatic carbocycles. The number of carboxylic acids is 1. The molecule has 0 saturated carbocycles. The molecule has 0 bridgehead atoms. The summed E-state index contributed by atoms with van der Waals surface area (Å²) in [7, 11) is 6.44. The molecule has 0 saturated heterocycles. The lowest BCUT2D eigenvalue weighted by Crippen LogP contribution is -2.04. The fourth-order valence-corrected chi connectivity index (χ4v) is 3.75. The van der Waals surface area contributed by atoms with E-state index < -0.39 is 5.97 Å². The van der Waals surface area contributed by atoms with Crippen LogP contribution in [0, 0.1) is 0 Å². The first-order valence-electron chi connectivity index (χ1n) is 10.8. The first-order valence-corrected chi connectivity index (χ1v) is 10.8. The Balaban J connectivity index is 2.05. The van der Waals surface area contributed by atoms with Gasteiger partial charge in [0, 0.05) is 5.57 Å². The van der Waals surface area contributed by atoms with Crippen molar-refractivity contribution < 1.29 is 28.8 Å². The minimum atomic E-state index is -0.862. The summed E-state index contributed by atoms with van der Waals surface area (Å²) in [4.78, 5) is 11.8. The van der Waals surface area contributed by atoms with Crippen molar-refractivity contribution in [2.75, 3.05) is 28.4 Å². The molecule has 0 aliphatic rings. The molecule has 0 spiro atoms. The smallest absolute Gasteiger partial charge is 0.331 e. The molecule has 0 aliphatic carbocycles. The summed E-state index contributed by atoms with van der Waals surface area (Å²) in [6, 6.07) is 11.7. The normalized spacial score (nSPS) is 12.2. The third kappa shape index (κ3) is 6.67. The molecule has 0 radical (unpaired) electrons. The van der Waals surface area contributed by atoms with Gasteiger partial charge < -0.3 is 24.1 Å². The molecule has 6 nitrogen and oxygen atoms in total. The van der Waals surface area contributed by atoms with E-state index in [1.807, 2.05) is 42.5 Å². The summed E-state index contributed by atoms with van der Waals surface area (Å²) >= 11 is 0. The number of aryl methyl sites for hydroxylation is 1. The minimum Gasteiger partial charge on any atom is -0.493 e. The Kier molecular flexibility index (Phi) is 9.92. The average Bonchev–Trinajstić information content (AvgIpc) is 2.82. The van der Waals surface area contributed by atoms with Crippen LogP contribution in [0.15, 0.2) is 48.0 Å². The van der Waals surface area contributed by atoms with Crippen LogP contribution in [0.5, 0.6) is 23.0 Å². The number of rotatable bonds is 13. The van der Waals surface area contributed by atoms with Crippen LogP contribution in [0.1, 0.15) is 49.7 Å². The van der Waals surface area contributed by atoms with Gasteiger partial charge in [0.05, 0.1) is 28.4 Å². The van der Waals surface area contributed by atoms with E-state index in [9.17, 15) is 9.90 Å². The zero-order chi connectivity index (χ0) is 23.5. The number of hydrogen-bond donors (Lipinski definition) is 1. The fourth-order valence-electron chi connectivity index (χ4n) is 3.75. The van der Waals surface area contributed by atoms with E-state index in [-0.39, 0.29) is 5.92 Å². The number of benzene rings is 2. The molecule has 2 aromatic rings. The number of carbonyl (C=O) groups is 1. The lowest BCUT2D eigenvalue weighted by Gasteiger charge is -2.16. The van der Waals surface area contributed by atoms with Crippen LogP contribution in [0.25, 0.3) is 0 Å². The molecule has 1 N–H and O–H groups in total. The second-order valence-electron chi connectivity index (χ2n) is 7.53. The fraction of sp³-hybridized carbons (Fsp3) is 0.423. The number of carboxylic acid groups (broad SMARTS) is 1. The quantitative estimate of drug-likeness (QED) is 0.405. The number of hydrogen-bond acceptors (Lipinski definition) is 5. The molecule has 1 unspecified atom stereocenters. The summed E-state index contributed by atoms with van der Waals surface area (Å²) in [5.74, 6) is 2.07. The van der Waals surface area contributed by atoms with Crippen molar-refractivity contribution in [3.8, 4) is 23.0 Å². The van der Waals surface area contributed by atoms with Gasteiger partial charge >= 0.3 is 5.97 Å². The second-order valence-corrected chi connectivity index (χ2v) is 7.53. The van der Waals surface area contributed by atoms with E-state index in [2.05, 4.69) is 6.92 Å². The van der Waals surface area contributed by atoms with Gasteiger partial charge in [0.2, 0.25) is 0 Å². The Morgan fingerprint density at radius 3 is 2.06 bits per heavy atom. The molecule has 1 atom stereocenters. The molecule has 0 amide bonds. The predicted octanol–water partition coefficient (Wildman–Crippen LogP) is 5.64. The lowest BCUT2D eigenvalue weighted by atomic mass is 9.91. The van der Waals surface area contributed by atoms with Gasteiger partial charge in [0.15, 0.2) is 23.0 Å². The van der Waals surface area contributed by atoms with Gasteiger partial charge in [-0.05, 0) is 73.4 Å². The summed E-state index contributed by atoms with van der Waals surface area (Å²) in [6.45, 7) is 2.10. The number of allylic oxidation sites excluding steroid dienone is 1. The van der Waals surface area contributed by atoms with E-state index in [0.717, 1.165) is 30.4 Å². The Morgan fingerprint density at radius 2 is 1.50 bits per heavy atom. The molecule has 0 aliphatic heterocycles. The summed E-state index contributed by atoms with van der Waals surface area (Å²) < 4.78 is 21.3. The van der Waals surface area contributed by atoms with Crippen LogP contribution in [-0.4, -0.2) is 39.5 Å². The Labute approximate surface area is 190 Å². The monoisotopic (exact) mass is 442 g/mol. The third-order valence-electron chi connectivity index (χ3n) is 5.65. The van der Waals surface area contributed by atoms with Crippen molar-refractivity contribution in [2.45, 2.75) is 44.9 Å². The minimum absolute atomic E-state index is 0.204. The topological polar surface area (TPSA) is 74.2 Å². The Bertz CT molecular complexity index is 919. The molecule has 2 rings (SSSR count). The van der Waals surface area contributed by atoms with Crippen LogP contribution < -0.4 is 18.9 Å². The molecule has 32 heavy (non-hydrogen) atoms. The van der Waals surface area contributed by atoms with Crippen LogP contribution in [0.2, 0.25) is 0 Å². The summed E-state index contributed by atoms with van der Waals surface area (Å²) in [5.41, 5.74) is 2.64. The molecular weight excluding hydrogens is 408 g/mol. The molecule has 174 valence electrons. The van der Waals surface area contributed by atoms with Gasteiger partial charge in [-0.2, -0.15) is 0 Å². The number of aliphatic carboxylic acids is 1. The van der Waals surface area contributed by atoms with Crippen LogP contribution in [-0.2, 0) is 11.2 Å². The maximum Gasteiger partial charge on any atom is 0.331 e.